The van der Waals surface area contributed by atoms with E-state index < -0.39 is 16.0 Å². The van der Waals surface area contributed by atoms with Gasteiger partial charge in [0, 0.05) is 18.2 Å². The number of ether oxygens (including phenoxy) is 1. The van der Waals surface area contributed by atoms with Gasteiger partial charge in [0.25, 0.3) is 0 Å². The van der Waals surface area contributed by atoms with E-state index in [9.17, 15) is 13.2 Å². The van der Waals surface area contributed by atoms with Gasteiger partial charge in [0.1, 0.15) is 10.9 Å². The average Bonchev–Trinajstić information content (AvgIpc) is 3.49. The molecule has 1 aliphatic rings. The third-order valence-electron chi connectivity index (χ3n) is 4.11. The summed E-state index contributed by atoms with van der Waals surface area (Å²) in [6, 6.07) is 6.18. The van der Waals surface area contributed by atoms with Crippen molar-refractivity contribution < 1.29 is 17.9 Å². The van der Waals surface area contributed by atoms with E-state index in [1.54, 1.807) is 12.1 Å². The van der Waals surface area contributed by atoms with Crippen LogP contribution in [0.15, 0.2) is 57.3 Å². The summed E-state index contributed by atoms with van der Waals surface area (Å²) in [5.41, 5.74) is 7.29. The molecule has 0 atom stereocenters. The van der Waals surface area contributed by atoms with Crippen molar-refractivity contribution in [1.29, 1.82) is 0 Å². The highest BCUT2D eigenvalue weighted by atomic mass is 35.5. The SMILES string of the molecule is C=C(/N=C(C(=O)OC)\C(Cl)=C(/N)NCCc1ccc(S(N)(=O)=O)cc1)C1CC1. The molecular weight excluding hydrogens is 404 g/mol. The van der Waals surface area contributed by atoms with Crippen LogP contribution in [0.1, 0.15) is 18.4 Å². The Labute approximate surface area is 169 Å². The number of methoxy groups -OCH3 is 1. The summed E-state index contributed by atoms with van der Waals surface area (Å²) in [5, 5.41) is 7.94. The number of hydrogen-bond acceptors (Lipinski definition) is 7. The van der Waals surface area contributed by atoms with Crippen LogP contribution in [0.3, 0.4) is 0 Å². The molecular formula is C18H23ClN4O4S. The van der Waals surface area contributed by atoms with E-state index in [1.807, 2.05) is 0 Å². The number of sulfonamides is 1. The lowest BCUT2D eigenvalue weighted by Crippen LogP contribution is -2.28. The Hall–Kier alpha value is -2.36. The minimum absolute atomic E-state index is 0.0430. The first-order valence-corrected chi connectivity index (χ1v) is 10.4. The minimum atomic E-state index is -3.72. The summed E-state index contributed by atoms with van der Waals surface area (Å²) in [6.07, 6.45) is 2.50. The first kappa shape index (κ1) is 21.9. The second kappa shape index (κ2) is 9.22. The molecule has 1 fully saturated rings. The van der Waals surface area contributed by atoms with Gasteiger partial charge in [-0.15, -0.1) is 0 Å². The molecule has 5 N–H and O–H groups in total. The first-order chi connectivity index (χ1) is 13.1. The maximum atomic E-state index is 12.0. The van der Waals surface area contributed by atoms with Crippen LogP contribution in [0.4, 0.5) is 0 Å². The maximum absolute atomic E-state index is 12.0. The third kappa shape index (κ3) is 6.08. The number of nitrogens with zero attached hydrogens (tertiary/aromatic N) is 1. The largest absolute Gasteiger partial charge is 0.464 e. The lowest BCUT2D eigenvalue weighted by molar-refractivity contribution is -0.132. The molecule has 0 aliphatic heterocycles. The van der Waals surface area contributed by atoms with Gasteiger partial charge in [-0.25, -0.2) is 23.3 Å². The van der Waals surface area contributed by atoms with Crippen molar-refractivity contribution >= 4 is 33.3 Å². The van der Waals surface area contributed by atoms with Crippen LogP contribution in [0.2, 0.25) is 0 Å². The Bertz CT molecular complexity index is 919. The van der Waals surface area contributed by atoms with Crippen LogP contribution in [0.25, 0.3) is 0 Å². The fraction of sp³-hybridized carbons (Fsp3) is 0.333. The number of aliphatic imine (C=N–C) groups is 1. The predicted molar refractivity (Wildman–Crippen MR) is 108 cm³/mol. The molecule has 0 saturated heterocycles. The lowest BCUT2D eigenvalue weighted by Gasteiger charge is -2.11. The van der Waals surface area contributed by atoms with Gasteiger partial charge in [-0.1, -0.05) is 30.3 Å². The van der Waals surface area contributed by atoms with Gasteiger partial charge in [0.05, 0.1) is 12.0 Å². The molecule has 8 nitrogen and oxygen atoms in total. The molecule has 0 bridgehead atoms. The van der Waals surface area contributed by atoms with Crippen molar-refractivity contribution in [2.45, 2.75) is 24.2 Å². The highest BCUT2D eigenvalue weighted by molar-refractivity contribution is 7.89. The number of nitrogens with one attached hydrogen (secondary N) is 1. The molecule has 1 aromatic rings. The summed E-state index contributed by atoms with van der Waals surface area (Å²) in [5.74, 6) is -0.357. The molecule has 0 radical (unpaired) electrons. The standard InChI is InChI=1S/C18H23ClN4O4S/c1-11(13-5-6-13)23-16(18(24)27-2)15(19)17(20)22-10-9-12-3-7-14(8-4-12)28(21,25)26/h3-4,7-8,13,22H,1,5-6,9-10,20H2,2H3,(H2,21,25,26)/b17-15-,23-16+. The van der Waals surface area contributed by atoms with Crippen LogP contribution in [-0.2, 0) is 26.0 Å². The van der Waals surface area contributed by atoms with Crippen molar-refractivity contribution in [3.8, 4) is 0 Å². The summed E-state index contributed by atoms with van der Waals surface area (Å²) in [7, 11) is -2.49. The highest BCUT2D eigenvalue weighted by Crippen LogP contribution is 2.36. The van der Waals surface area contributed by atoms with Gasteiger partial charge in [0.15, 0.2) is 5.71 Å². The van der Waals surface area contributed by atoms with E-state index in [4.69, 9.17) is 27.2 Å². The molecule has 1 saturated carbocycles. The summed E-state index contributed by atoms with van der Waals surface area (Å²) >= 11 is 6.23. The maximum Gasteiger partial charge on any atom is 0.358 e. The molecule has 0 aromatic heterocycles. The number of rotatable bonds is 9. The molecule has 1 aromatic carbocycles. The van der Waals surface area contributed by atoms with E-state index in [1.165, 1.54) is 19.2 Å². The number of carbonyl (C=O) groups is 1. The second-order valence-corrected chi connectivity index (χ2v) is 8.25. The van der Waals surface area contributed by atoms with Crippen molar-refractivity contribution in [3.63, 3.8) is 0 Å². The summed E-state index contributed by atoms with van der Waals surface area (Å²) < 4.78 is 27.2. The molecule has 28 heavy (non-hydrogen) atoms. The Morgan fingerprint density at radius 1 is 1.36 bits per heavy atom. The number of carbonyl (C=O) groups excluding carboxylic acids is 1. The van der Waals surface area contributed by atoms with E-state index in [2.05, 4.69) is 16.9 Å². The third-order valence-corrected chi connectivity index (χ3v) is 5.42. The molecule has 10 heteroatoms. The first-order valence-electron chi connectivity index (χ1n) is 8.50. The molecule has 0 heterocycles. The Balaban J connectivity index is 2.03. The van der Waals surface area contributed by atoms with E-state index in [0.717, 1.165) is 18.4 Å². The molecule has 152 valence electrons. The predicted octanol–water partition coefficient (Wildman–Crippen LogP) is 1.37. The quantitative estimate of drug-likeness (QED) is 0.403. The smallest absolute Gasteiger partial charge is 0.358 e. The Kier molecular flexibility index (Phi) is 7.22. The van der Waals surface area contributed by atoms with E-state index >= 15 is 0 Å². The highest BCUT2D eigenvalue weighted by Gasteiger charge is 2.27. The average molecular weight is 427 g/mol. The van der Waals surface area contributed by atoms with Gasteiger partial charge >= 0.3 is 5.97 Å². The number of hydrogen-bond donors (Lipinski definition) is 3. The normalized spacial score (nSPS) is 15.6. The van der Waals surface area contributed by atoms with Gasteiger partial charge in [-0.2, -0.15) is 0 Å². The van der Waals surface area contributed by atoms with Crippen LogP contribution in [0, 0.1) is 5.92 Å². The minimum Gasteiger partial charge on any atom is -0.464 e. The van der Waals surface area contributed by atoms with Crippen LogP contribution >= 0.6 is 11.6 Å². The number of halogens is 1. The molecule has 2 rings (SSSR count). The van der Waals surface area contributed by atoms with Crippen LogP contribution < -0.4 is 16.2 Å². The number of nitrogens with two attached hydrogens (primary N) is 2. The zero-order valence-electron chi connectivity index (χ0n) is 15.4. The van der Waals surface area contributed by atoms with E-state index in [0.29, 0.717) is 18.7 Å². The van der Waals surface area contributed by atoms with Gasteiger partial charge in [0.2, 0.25) is 10.0 Å². The fourth-order valence-electron chi connectivity index (χ4n) is 2.32. The van der Waals surface area contributed by atoms with Crippen molar-refractivity contribution in [2.24, 2.45) is 21.8 Å². The van der Waals surface area contributed by atoms with E-state index in [-0.39, 0.29) is 27.4 Å². The monoisotopic (exact) mass is 426 g/mol. The molecule has 1 aliphatic carbocycles. The number of benzene rings is 1. The molecule has 0 amide bonds. The number of primary sulfonamides is 1. The number of allylic oxidation sites excluding steroid dienone is 1. The second-order valence-electron chi connectivity index (χ2n) is 6.31. The Morgan fingerprint density at radius 2 is 1.96 bits per heavy atom. The topological polar surface area (TPSA) is 137 Å². The van der Waals surface area contributed by atoms with Crippen LogP contribution in [0.5, 0.6) is 0 Å². The van der Waals surface area contributed by atoms with Gasteiger partial charge in [-0.3, -0.25) is 0 Å². The zero-order valence-corrected chi connectivity index (χ0v) is 17.0. The zero-order chi connectivity index (χ0) is 20.9. The van der Waals surface area contributed by atoms with Gasteiger partial charge < -0.3 is 15.8 Å². The number of esters is 1. The van der Waals surface area contributed by atoms with Crippen molar-refractivity contribution in [1.82, 2.24) is 5.32 Å². The van der Waals surface area contributed by atoms with Crippen LogP contribution in [-0.4, -0.2) is 33.8 Å². The fourth-order valence-corrected chi connectivity index (χ4v) is 3.03. The lowest BCUT2D eigenvalue weighted by atomic mass is 10.1. The van der Waals surface area contributed by atoms with Crippen molar-refractivity contribution in [2.75, 3.05) is 13.7 Å². The molecule has 0 spiro atoms. The van der Waals surface area contributed by atoms with Gasteiger partial charge in [-0.05, 0) is 37.0 Å². The Morgan fingerprint density at radius 3 is 2.46 bits per heavy atom. The van der Waals surface area contributed by atoms with Crippen molar-refractivity contribution in [3.05, 3.63) is 53.0 Å². The summed E-state index contributed by atoms with van der Waals surface area (Å²) in [4.78, 5) is 16.2. The summed E-state index contributed by atoms with van der Waals surface area (Å²) in [6.45, 7) is 4.25. The molecule has 0 unspecified atom stereocenters.